The van der Waals surface area contributed by atoms with Crippen molar-refractivity contribution in [3.05, 3.63) is 47.8 Å². The average molecular weight is 335 g/mol. The van der Waals surface area contributed by atoms with E-state index in [1.54, 1.807) is 4.68 Å². The Balaban J connectivity index is 0.00000192. The average Bonchev–Trinajstić information content (AvgIpc) is 2.96. The fraction of sp³-hybridized carbons (Fsp3) is 0.412. The summed E-state index contributed by atoms with van der Waals surface area (Å²) >= 11 is 0. The van der Waals surface area contributed by atoms with Gasteiger partial charge in [-0.3, -0.25) is 4.79 Å². The summed E-state index contributed by atoms with van der Waals surface area (Å²) < 4.78 is 1.81. The second kappa shape index (κ2) is 8.13. The number of para-hydroxylation sites is 1. The fourth-order valence-electron chi connectivity index (χ4n) is 2.83. The third kappa shape index (κ3) is 4.33. The van der Waals surface area contributed by atoms with Crippen LogP contribution in [-0.4, -0.2) is 35.3 Å². The number of nitrogens with zero attached hydrogens (tertiary/aromatic N) is 2. The van der Waals surface area contributed by atoms with E-state index >= 15 is 0 Å². The van der Waals surface area contributed by atoms with Gasteiger partial charge < -0.3 is 10.6 Å². The van der Waals surface area contributed by atoms with Gasteiger partial charge in [0.1, 0.15) is 0 Å². The van der Waals surface area contributed by atoms with Crippen molar-refractivity contribution in [3.8, 4) is 5.69 Å². The van der Waals surface area contributed by atoms with Crippen LogP contribution in [0.5, 0.6) is 0 Å². The highest BCUT2D eigenvalue weighted by atomic mass is 35.5. The Bertz CT molecular complexity index is 635. The third-order valence-corrected chi connectivity index (χ3v) is 4.13. The SMILES string of the molecule is Cc1cc(C(=O)NCC2CCNCC2)nn1-c1ccccc1.Cl. The number of hydrogen-bond donors (Lipinski definition) is 2. The van der Waals surface area contributed by atoms with Gasteiger partial charge in [-0.25, -0.2) is 4.68 Å². The van der Waals surface area contributed by atoms with Gasteiger partial charge in [0.05, 0.1) is 5.69 Å². The zero-order chi connectivity index (χ0) is 15.4. The molecule has 0 saturated carbocycles. The van der Waals surface area contributed by atoms with Gasteiger partial charge >= 0.3 is 0 Å². The lowest BCUT2D eigenvalue weighted by atomic mass is 9.98. The highest BCUT2D eigenvalue weighted by molar-refractivity contribution is 5.92. The van der Waals surface area contributed by atoms with E-state index in [4.69, 9.17) is 0 Å². The van der Waals surface area contributed by atoms with Crippen molar-refractivity contribution < 1.29 is 4.79 Å². The monoisotopic (exact) mass is 334 g/mol. The molecule has 0 atom stereocenters. The first-order chi connectivity index (χ1) is 10.7. The second-order valence-electron chi connectivity index (χ2n) is 5.82. The van der Waals surface area contributed by atoms with E-state index in [0.29, 0.717) is 11.6 Å². The molecule has 1 aromatic carbocycles. The number of carbonyl (C=O) groups is 1. The van der Waals surface area contributed by atoms with Crippen molar-refractivity contribution in [3.63, 3.8) is 0 Å². The Hall–Kier alpha value is -1.85. The normalized spacial score (nSPS) is 15.0. The first-order valence-corrected chi connectivity index (χ1v) is 7.85. The molecule has 1 aromatic heterocycles. The lowest BCUT2D eigenvalue weighted by molar-refractivity contribution is 0.0939. The van der Waals surface area contributed by atoms with Gasteiger partial charge in [-0.1, -0.05) is 18.2 Å². The van der Waals surface area contributed by atoms with Crippen LogP contribution in [0.25, 0.3) is 5.69 Å². The van der Waals surface area contributed by atoms with Gasteiger partial charge in [0, 0.05) is 12.2 Å². The Morgan fingerprint density at radius 1 is 1.30 bits per heavy atom. The Morgan fingerprint density at radius 2 is 2.00 bits per heavy atom. The zero-order valence-corrected chi connectivity index (χ0v) is 14.1. The van der Waals surface area contributed by atoms with Crippen LogP contribution >= 0.6 is 12.4 Å². The van der Waals surface area contributed by atoms with Crippen molar-refractivity contribution >= 4 is 18.3 Å². The molecular formula is C17H23ClN4O. The maximum absolute atomic E-state index is 12.3. The summed E-state index contributed by atoms with van der Waals surface area (Å²) in [4.78, 5) is 12.3. The molecular weight excluding hydrogens is 312 g/mol. The minimum atomic E-state index is -0.0867. The van der Waals surface area contributed by atoms with E-state index in [2.05, 4.69) is 15.7 Å². The quantitative estimate of drug-likeness (QED) is 0.902. The van der Waals surface area contributed by atoms with E-state index in [1.807, 2.05) is 43.3 Å². The lowest BCUT2D eigenvalue weighted by Crippen LogP contribution is -2.36. The van der Waals surface area contributed by atoms with Gasteiger partial charge in [0.2, 0.25) is 0 Å². The topological polar surface area (TPSA) is 59.0 Å². The van der Waals surface area contributed by atoms with Crippen LogP contribution in [0.1, 0.15) is 29.0 Å². The smallest absolute Gasteiger partial charge is 0.271 e. The molecule has 0 bridgehead atoms. The standard InChI is InChI=1S/C17H22N4O.ClH/c1-13-11-16(20-21(13)15-5-3-2-4-6-15)17(22)19-12-14-7-9-18-10-8-14;/h2-6,11,14,18H,7-10,12H2,1H3,(H,19,22);1H. The first-order valence-electron chi connectivity index (χ1n) is 7.85. The summed E-state index contributed by atoms with van der Waals surface area (Å²) in [5.74, 6) is 0.485. The largest absolute Gasteiger partial charge is 0.350 e. The number of nitrogens with one attached hydrogen (secondary N) is 2. The van der Waals surface area contributed by atoms with E-state index in [-0.39, 0.29) is 18.3 Å². The summed E-state index contributed by atoms with van der Waals surface area (Å²) in [5, 5.41) is 10.8. The van der Waals surface area contributed by atoms with Crippen molar-refractivity contribution in [2.24, 2.45) is 5.92 Å². The highest BCUT2D eigenvalue weighted by Gasteiger charge is 2.17. The molecule has 2 aromatic rings. The molecule has 0 aliphatic carbocycles. The summed E-state index contributed by atoms with van der Waals surface area (Å²) in [5.41, 5.74) is 2.41. The van der Waals surface area contributed by atoms with E-state index in [1.165, 1.54) is 0 Å². The van der Waals surface area contributed by atoms with E-state index < -0.39 is 0 Å². The van der Waals surface area contributed by atoms with Gasteiger partial charge in [0.15, 0.2) is 5.69 Å². The van der Waals surface area contributed by atoms with Crippen molar-refractivity contribution in [2.45, 2.75) is 19.8 Å². The molecule has 1 aliphatic heterocycles. The number of rotatable bonds is 4. The third-order valence-electron chi connectivity index (χ3n) is 4.13. The molecule has 0 radical (unpaired) electrons. The second-order valence-corrected chi connectivity index (χ2v) is 5.82. The summed E-state index contributed by atoms with van der Waals surface area (Å²) in [6.07, 6.45) is 2.25. The van der Waals surface area contributed by atoms with Crippen LogP contribution in [0, 0.1) is 12.8 Å². The fourth-order valence-corrected chi connectivity index (χ4v) is 2.83. The van der Waals surface area contributed by atoms with Gasteiger partial charge in [-0.05, 0) is 57.0 Å². The highest BCUT2D eigenvalue weighted by Crippen LogP contribution is 2.13. The Kier molecular flexibility index (Phi) is 6.19. The first kappa shape index (κ1) is 17.5. The summed E-state index contributed by atoms with van der Waals surface area (Å²) in [6.45, 7) is 4.78. The van der Waals surface area contributed by atoms with Crippen molar-refractivity contribution in [2.75, 3.05) is 19.6 Å². The van der Waals surface area contributed by atoms with Crippen LogP contribution in [0.4, 0.5) is 0 Å². The molecule has 2 N–H and O–H groups in total. The van der Waals surface area contributed by atoms with Gasteiger partial charge in [-0.15, -0.1) is 12.4 Å². The van der Waals surface area contributed by atoms with Crippen molar-refractivity contribution in [1.82, 2.24) is 20.4 Å². The van der Waals surface area contributed by atoms with Crippen LogP contribution < -0.4 is 10.6 Å². The molecule has 3 rings (SSSR count). The molecule has 1 fully saturated rings. The number of aromatic nitrogens is 2. The number of amides is 1. The number of carbonyl (C=O) groups excluding carboxylic acids is 1. The molecule has 1 amide bonds. The molecule has 5 nitrogen and oxygen atoms in total. The molecule has 124 valence electrons. The number of benzene rings is 1. The molecule has 1 aliphatic rings. The molecule has 1 saturated heterocycles. The molecule has 0 unspecified atom stereocenters. The number of hydrogen-bond acceptors (Lipinski definition) is 3. The number of aryl methyl sites for hydroxylation is 1. The minimum absolute atomic E-state index is 0. The van der Waals surface area contributed by atoms with Crippen LogP contribution in [0.15, 0.2) is 36.4 Å². The number of halogens is 1. The van der Waals surface area contributed by atoms with Crippen LogP contribution in [0.2, 0.25) is 0 Å². The summed E-state index contributed by atoms with van der Waals surface area (Å²) in [7, 11) is 0. The van der Waals surface area contributed by atoms with Crippen LogP contribution in [0.3, 0.4) is 0 Å². The number of piperidine rings is 1. The maximum Gasteiger partial charge on any atom is 0.271 e. The predicted octanol–water partition coefficient (Wildman–Crippen LogP) is 2.33. The van der Waals surface area contributed by atoms with E-state index in [9.17, 15) is 4.79 Å². The van der Waals surface area contributed by atoms with Crippen molar-refractivity contribution in [1.29, 1.82) is 0 Å². The molecule has 6 heteroatoms. The van der Waals surface area contributed by atoms with Crippen LogP contribution in [-0.2, 0) is 0 Å². The van der Waals surface area contributed by atoms with Gasteiger partial charge in [-0.2, -0.15) is 5.10 Å². The lowest BCUT2D eigenvalue weighted by Gasteiger charge is -2.22. The van der Waals surface area contributed by atoms with Gasteiger partial charge in [0.25, 0.3) is 5.91 Å². The maximum atomic E-state index is 12.3. The Labute approximate surface area is 142 Å². The minimum Gasteiger partial charge on any atom is -0.350 e. The molecule has 2 heterocycles. The zero-order valence-electron chi connectivity index (χ0n) is 13.3. The molecule has 0 spiro atoms. The Morgan fingerprint density at radius 3 is 2.70 bits per heavy atom. The summed E-state index contributed by atoms with van der Waals surface area (Å²) in [6, 6.07) is 11.7. The predicted molar refractivity (Wildman–Crippen MR) is 93.5 cm³/mol. The molecule has 23 heavy (non-hydrogen) atoms. The van der Waals surface area contributed by atoms with E-state index in [0.717, 1.165) is 43.9 Å².